The second-order valence-electron chi connectivity index (χ2n) is 2.22. The van der Waals surface area contributed by atoms with Gasteiger partial charge < -0.3 is 5.73 Å². The van der Waals surface area contributed by atoms with Crippen molar-refractivity contribution in [1.82, 2.24) is 4.98 Å². The number of nitrogens with zero attached hydrogens (tertiary/aromatic N) is 2. The van der Waals surface area contributed by atoms with Crippen molar-refractivity contribution < 1.29 is 13.2 Å². The molecule has 0 amide bonds. The number of halogens is 3. The summed E-state index contributed by atoms with van der Waals surface area (Å²) >= 11 is 0. The van der Waals surface area contributed by atoms with Crippen LogP contribution >= 0.6 is 0 Å². The van der Waals surface area contributed by atoms with Gasteiger partial charge in [0.15, 0.2) is 5.69 Å². The fourth-order valence-corrected chi connectivity index (χ4v) is 0.779. The zero-order chi connectivity index (χ0) is 10.0. The van der Waals surface area contributed by atoms with E-state index in [4.69, 9.17) is 11.0 Å². The maximum Gasteiger partial charge on any atom is 0.266 e. The molecule has 0 atom stereocenters. The average Bonchev–Trinajstić information content (AvgIpc) is 2.08. The van der Waals surface area contributed by atoms with E-state index < -0.39 is 29.3 Å². The number of nitrogen functional groups attached to an aromatic ring is 1. The Morgan fingerprint density at radius 1 is 1.54 bits per heavy atom. The Bertz CT molecular complexity index is 370. The highest BCUT2D eigenvalue weighted by molar-refractivity contribution is 5.45. The Labute approximate surface area is 71.6 Å². The number of hydrogen-bond donors (Lipinski definition) is 1. The molecule has 0 saturated heterocycles. The summed E-state index contributed by atoms with van der Waals surface area (Å²) in [5.74, 6) is -1.11. The largest absolute Gasteiger partial charge is 0.395 e. The van der Waals surface area contributed by atoms with Crippen LogP contribution in [0.3, 0.4) is 0 Å². The molecule has 1 aromatic heterocycles. The third-order valence-electron chi connectivity index (χ3n) is 1.37. The first kappa shape index (κ1) is 9.32. The van der Waals surface area contributed by atoms with E-state index in [-0.39, 0.29) is 0 Å². The molecule has 0 fully saturated rings. The number of nitrogens with two attached hydrogens (primary N) is 1. The molecule has 0 bridgehead atoms. The van der Waals surface area contributed by atoms with E-state index in [2.05, 4.69) is 4.98 Å². The molecule has 1 heterocycles. The molecule has 1 aromatic rings. The number of hydrogen-bond acceptors (Lipinski definition) is 3. The predicted molar refractivity (Wildman–Crippen MR) is 38.3 cm³/mol. The van der Waals surface area contributed by atoms with Gasteiger partial charge in [-0.2, -0.15) is 9.65 Å². The molecular formula is C7H4F3N3. The number of rotatable bonds is 1. The van der Waals surface area contributed by atoms with Crippen LogP contribution in [0.1, 0.15) is 17.7 Å². The van der Waals surface area contributed by atoms with Crippen molar-refractivity contribution in [3.63, 3.8) is 0 Å². The molecule has 13 heavy (non-hydrogen) atoms. The van der Waals surface area contributed by atoms with Crippen LogP contribution in [0.4, 0.5) is 18.9 Å². The van der Waals surface area contributed by atoms with Crippen molar-refractivity contribution in [3.8, 4) is 6.07 Å². The summed E-state index contributed by atoms with van der Waals surface area (Å²) in [5.41, 5.74) is 3.22. The van der Waals surface area contributed by atoms with Crippen molar-refractivity contribution >= 4 is 5.69 Å². The minimum absolute atomic E-state index is 0.491. The van der Waals surface area contributed by atoms with Crippen molar-refractivity contribution in [3.05, 3.63) is 23.3 Å². The number of pyridine rings is 1. The van der Waals surface area contributed by atoms with Gasteiger partial charge in [0.2, 0.25) is 5.95 Å². The molecule has 0 aliphatic carbocycles. The summed E-state index contributed by atoms with van der Waals surface area (Å²) in [6, 6.07) is 2.07. The van der Waals surface area contributed by atoms with Crippen LogP contribution < -0.4 is 5.73 Å². The van der Waals surface area contributed by atoms with E-state index in [1.54, 1.807) is 0 Å². The molecule has 1 rings (SSSR count). The molecule has 0 aromatic carbocycles. The van der Waals surface area contributed by atoms with Gasteiger partial charge in [-0.15, -0.1) is 0 Å². The third kappa shape index (κ3) is 1.69. The quantitative estimate of drug-likeness (QED) is 0.679. The van der Waals surface area contributed by atoms with Gasteiger partial charge in [0.05, 0.1) is 11.3 Å². The first-order valence-electron chi connectivity index (χ1n) is 3.20. The zero-order valence-electron chi connectivity index (χ0n) is 6.26. The standard InChI is InChI=1S/C7H4F3N3/c8-6(9)3-1-4(12)7(10)13-5(3)2-11/h1,6H,12H2. The second-order valence-corrected chi connectivity index (χ2v) is 2.22. The molecule has 0 aliphatic heterocycles. The monoisotopic (exact) mass is 187 g/mol. The zero-order valence-corrected chi connectivity index (χ0v) is 6.26. The van der Waals surface area contributed by atoms with Gasteiger partial charge in [0.1, 0.15) is 6.07 Å². The van der Waals surface area contributed by atoms with E-state index >= 15 is 0 Å². The lowest BCUT2D eigenvalue weighted by molar-refractivity contribution is 0.150. The van der Waals surface area contributed by atoms with Crippen LogP contribution in [0.2, 0.25) is 0 Å². The second kappa shape index (κ2) is 3.31. The number of alkyl halides is 2. The first-order chi connectivity index (χ1) is 6.06. The van der Waals surface area contributed by atoms with Gasteiger partial charge in [0, 0.05) is 0 Å². The van der Waals surface area contributed by atoms with Crippen LogP contribution in [0.15, 0.2) is 6.07 Å². The minimum atomic E-state index is -2.88. The maximum absolute atomic E-state index is 12.6. The smallest absolute Gasteiger partial charge is 0.266 e. The van der Waals surface area contributed by atoms with Gasteiger partial charge in [-0.25, -0.2) is 13.8 Å². The van der Waals surface area contributed by atoms with Gasteiger partial charge in [-0.1, -0.05) is 0 Å². The summed E-state index contributed by atoms with van der Waals surface area (Å²) < 4.78 is 36.9. The van der Waals surface area contributed by atoms with Gasteiger partial charge in [0.25, 0.3) is 6.43 Å². The van der Waals surface area contributed by atoms with Crippen LogP contribution in [0.25, 0.3) is 0 Å². The molecular weight excluding hydrogens is 183 g/mol. The molecule has 0 unspecified atom stereocenters. The molecule has 2 N–H and O–H groups in total. The number of anilines is 1. The minimum Gasteiger partial charge on any atom is -0.395 e. The van der Waals surface area contributed by atoms with E-state index in [0.29, 0.717) is 6.07 Å². The summed E-state index contributed by atoms with van der Waals surface area (Å²) in [5, 5.41) is 8.33. The maximum atomic E-state index is 12.6. The van der Waals surface area contributed by atoms with E-state index in [1.807, 2.05) is 0 Å². The third-order valence-corrected chi connectivity index (χ3v) is 1.37. The van der Waals surface area contributed by atoms with Crippen molar-refractivity contribution in [2.24, 2.45) is 0 Å². The first-order valence-corrected chi connectivity index (χ1v) is 3.20. The van der Waals surface area contributed by atoms with Gasteiger partial charge >= 0.3 is 0 Å². The highest BCUT2D eigenvalue weighted by Crippen LogP contribution is 2.24. The summed E-state index contributed by atoms with van der Waals surface area (Å²) in [4.78, 5) is 2.98. The Morgan fingerprint density at radius 3 is 2.62 bits per heavy atom. The lowest BCUT2D eigenvalue weighted by Gasteiger charge is -2.03. The lowest BCUT2D eigenvalue weighted by Crippen LogP contribution is -2.01. The number of nitriles is 1. The molecule has 0 radical (unpaired) electrons. The van der Waals surface area contributed by atoms with Crippen LogP contribution in [0, 0.1) is 17.3 Å². The molecule has 0 spiro atoms. The molecule has 0 aliphatic rings. The molecule has 68 valence electrons. The van der Waals surface area contributed by atoms with Crippen LogP contribution in [0.5, 0.6) is 0 Å². The highest BCUT2D eigenvalue weighted by Gasteiger charge is 2.16. The van der Waals surface area contributed by atoms with Crippen molar-refractivity contribution in [2.75, 3.05) is 5.73 Å². The Kier molecular flexibility index (Phi) is 2.37. The van der Waals surface area contributed by atoms with Gasteiger partial charge in [-0.05, 0) is 6.07 Å². The molecule has 6 heteroatoms. The van der Waals surface area contributed by atoms with Crippen LogP contribution in [-0.4, -0.2) is 4.98 Å². The Balaban J connectivity index is 3.35. The summed E-state index contributed by atoms with van der Waals surface area (Å²) in [6.07, 6.45) is -2.88. The van der Waals surface area contributed by atoms with Crippen LogP contribution in [-0.2, 0) is 0 Å². The van der Waals surface area contributed by atoms with Gasteiger partial charge in [-0.3, -0.25) is 0 Å². The van der Waals surface area contributed by atoms with Crippen molar-refractivity contribution in [2.45, 2.75) is 6.43 Å². The summed E-state index contributed by atoms with van der Waals surface area (Å²) in [7, 11) is 0. The van der Waals surface area contributed by atoms with Crippen molar-refractivity contribution in [1.29, 1.82) is 5.26 Å². The Morgan fingerprint density at radius 2 is 2.15 bits per heavy atom. The normalized spacial score (nSPS) is 10.1. The lowest BCUT2D eigenvalue weighted by atomic mass is 10.2. The topological polar surface area (TPSA) is 62.7 Å². The fraction of sp³-hybridized carbons (Fsp3) is 0.143. The van der Waals surface area contributed by atoms with E-state index in [1.165, 1.54) is 6.07 Å². The van der Waals surface area contributed by atoms with E-state index in [9.17, 15) is 13.2 Å². The Hall–Kier alpha value is -1.77. The summed E-state index contributed by atoms with van der Waals surface area (Å²) in [6.45, 7) is 0. The average molecular weight is 187 g/mol. The molecule has 0 saturated carbocycles. The van der Waals surface area contributed by atoms with E-state index in [0.717, 1.165) is 0 Å². The fourth-order valence-electron chi connectivity index (χ4n) is 0.779. The highest BCUT2D eigenvalue weighted by atomic mass is 19.3. The SMILES string of the molecule is N#Cc1nc(F)c(N)cc1C(F)F. The molecule has 3 nitrogen and oxygen atoms in total. The number of aromatic nitrogens is 1. The predicted octanol–water partition coefficient (Wildman–Crippen LogP) is 1.61.